The van der Waals surface area contributed by atoms with Crippen LogP contribution in [0, 0.1) is 15.9 Å². The first-order valence-electron chi connectivity index (χ1n) is 5.92. The second-order valence-corrected chi connectivity index (χ2v) is 4.10. The highest BCUT2D eigenvalue weighted by Crippen LogP contribution is 2.19. The van der Waals surface area contributed by atoms with Crippen LogP contribution in [0.3, 0.4) is 0 Å². The van der Waals surface area contributed by atoms with Gasteiger partial charge in [-0.2, -0.15) is 0 Å². The summed E-state index contributed by atoms with van der Waals surface area (Å²) in [6, 6.07) is 13.4. The van der Waals surface area contributed by atoms with E-state index in [1.165, 1.54) is 18.2 Å². The first-order chi connectivity index (χ1) is 9.63. The van der Waals surface area contributed by atoms with Crippen molar-refractivity contribution < 1.29 is 14.1 Å². The maximum Gasteiger partial charge on any atom is 0.235 e. The molecule has 102 valence electrons. The van der Waals surface area contributed by atoms with Crippen LogP contribution in [0.15, 0.2) is 54.7 Å². The van der Waals surface area contributed by atoms with E-state index >= 15 is 0 Å². The zero-order valence-corrected chi connectivity index (χ0v) is 10.5. The minimum atomic E-state index is -0.602. The van der Waals surface area contributed by atoms with E-state index in [9.17, 15) is 14.5 Å². The number of hydrogen-bond donors (Lipinski definition) is 0. The molecule has 0 aliphatic rings. The Morgan fingerprint density at radius 2 is 1.95 bits per heavy atom. The Balaban J connectivity index is 2.10. The third-order valence-corrected chi connectivity index (χ3v) is 2.53. The van der Waals surface area contributed by atoms with E-state index in [2.05, 4.69) is 0 Å². The van der Waals surface area contributed by atoms with E-state index in [0.29, 0.717) is 17.9 Å². The highest BCUT2D eigenvalue weighted by molar-refractivity contribution is 5.51. The predicted octanol–water partition coefficient (Wildman–Crippen LogP) is 3.65. The van der Waals surface area contributed by atoms with Crippen molar-refractivity contribution in [2.24, 2.45) is 0 Å². The molecule has 0 aliphatic carbocycles. The van der Waals surface area contributed by atoms with Gasteiger partial charge in [-0.1, -0.05) is 30.3 Å². The molecule has 0 amide bonds. The normalized spacial score (nSPS) is 10.7. The van der Waals surface area contributed by atoms with Crippen molar-refractivity contribution >= 4 is 6.08 Å². The molecule has 0 bridgehead atoms. The summed E-state index contributed by atoms with van der Waals surface area (Å²) in [5.74, 6) is -0.171. The Kier molecular flexibility index (Phi) is 4.44. The summed E-state index contributed by atoms with van der Waals surface area (Å²) in [4.78, 5) is 9.65. The topological polar surface area (TPSA) is 52.4 Å². The minimum absolute atomic E-state index is 0.308. The number of ether oxygens (including phenoxy) is 1. The van der Waals surface area contributed by atoms with Gasteiger partial charge in [0.25, 0.3) is 0 Å². The Labute approximate surface area is 115 Å². The molecule has 0 saturated carbocycles. The lowest BCUT2D eigenvalue weighted by molar-refractivity contribution is -0.400. The van der Waals surface area contributed by atoms with Crippen LogP contribution in [0.2, 0.25) is 0 Å². The fourth-order valence-electron chi connectivity index (χ4n) is 1.65. The molecular weight excluding hydrogens is 261 g/mol. The van der Waals surface area contributed by atoms with Crippen molar-refractivity contribution in [2.45, 2.75) is 6.61 Å². The van der Waals surface area contributed by atoms with E-state index in [4.69, 9.17) is 4.74 Å². The van der Waals surface area contributed by atoms with Crippen LogP contribution in [-0.2, 0) is 6.61 Å². The summed E-state index contributed by atoms with van der Waals surface area (Å²) in [7, 11) is 0. The van der Waals surface area contributed by atoms with Gasteiger partial charge >= 0.3 is 0 Å². The van der Waals surface area contributed by atoms with E-state index in [0.717, 1.165) is 11.8 Å². The lowest BCUT2D eigenvalue weighted by Crippen LogP contribution is -1.96. The minimum Gasteiger partial charge on any atom is -0.489 e. The third kappa shape index (κ3) is 4.20. The molecule has 0 fully saturated rings. The van der Waals surface area contributed by atoms with Gasteiger partial charge < -0.3 is 4.74 Å². The number of benzene rings is 2. The van der Waals surface area contributed by atoms with Crippen molar-refractivity contribution in [2.75, 3.05) is 0 Å². The second kappa shape index (κ2) is 6.47. The lowest BCUT2D eigenvalue weighted by Gasteiger charge is -2.07. The predicted molar refractivity (Wildman–Crippen MR) is 73.2 cm³/mol. The molecule has 0 N–H and O–H groups in total. The highest BCUT2D eigenvalue weighted by atomic mass is 19.1. The SMILES string of the molecule is O=[N+]([O-])/C=C/c1cc(F)cc(OCc2ccccc2)c1. The van der Waals surface area contributed by atoms with Gasteiger partial charge in [0.05, 0.1) is 4.92 Å². The molecule has 5 heteroatoms. The Morgan fingerprint density at radius 1 is 1.20 bits per heavy atom. The summed E-state index contributed by atoms with van der Waals surface area (Å²) in [5, 5.41) is 10.2. The molecule has 0 aliphatic heterocycles. The molecule has 0 saturated heterocycles. The van der Waals surface area contributed by atoms with E-state index < -0.39 is 10.7 Å². The summed E-state index contributed by atoms with van der Waals surface area (Å²) in [6.45, 7) is 0.308. The fraction of sp³-hybridized carbons (Fsp3) is 0.0667. The highest BCUT2D eigenvalue weighted by Gasteiger charge is 2.02. The molecule has 0 atom stereocenters. The number of nitrogens with zero attached hydrogens (tertiary/aromatic N) is 1. The van der Waals surface area contributed by atoms with Crippen molar-refractivity contribution in [1.29, 1.82) is 0 Å². The van der Waals surface area contributed by atoms with Crippen molar-refractivity contribution in [3.63, 3.8) is 0 Å². The molecule has 4 nitrogen and oxygen atoms in total. The van der Waals surface area contributed by atoms with Crippen LogP contribution >= 0.6 is 0 Å². The number of hydrogen-bond acceptors (Lipinski definition) is 3. The van der Waals surface area contributed by atoms with Gasteiger partial charge in [-0.25, -0.2) is 4.39 Å². The molecule has 0 heterocycles. The molecule has 0 spiro atoms. The Hall–Kier alpha value is -2.69. The Bertz CT molecular complexity index is 626. The first kappa shape index (κ1) is 13.7. The van der Waals surface area contributed by atoms with Crippen molar-refractivity contribution in [3.8, 4) is 5.75 Å². The average Bonchev–Trinajstić information content (AvgIpc) is 2.44. The van der Waals surface area contributed by atoms with Crippen LogP contribution in [0.4, 0.5) is 4.39 Å². The zero-order valence-electron chi connectivity index (χ0n) is 10.5. The molecule has 0 unspecified atom stereocenters. The number of rotatable bonds is 5. The van der Waals surface area contributed by atoms with Gasteiger partial charge in [-0.3, -0.25) is 10.1 Å². The number of nitro groups is 1. The van der Waals surface area contributed by atoms with Gasteiger partial charge in [-0.05, 0) is 23.3 Å². The molecule has 2 aromatic carbocycles. The monoisotopic (exact) mass is 273 g/mol. The van der Waals surface area contributed by atoms with E-state index in [-0.39, 0.29) is 0 Å². The van der Waals surface area contributed by atoms with E-state index in [1.54, 1.807) is 6.07 Å². The van der Waals surface area contributed by atoms with Gasteiger partial charge in [0.15, 0.2) is 0 Å². The quantitative estimate of drug-likeness (QED) is 0.617. The van der Waals surface area contributed by atoms with E-state index in [1.807, 2.05) is 30.3 Å². The van der Waals surface area contributed by atoms with Gasteiger partial charge in [0.1, 0.15) is 18.2 Å². The van der Waals surface area contributed by atoms with Gasteiger partial charge in [-0.15, -0.1) is 0 Å². The summed E-state index contributed by atoms with van der Waals surface area (Å²) in [5.41, 5.74) is 1.34. The van der Waals surface area contributed by atoms with Crippen molar-refractivity contribution in [3.05, 3.63) is 81.8 Å². The maximum atomic E-state index is 13.4. The fourth-order valence-corrected chi connectivity index (χ4v) is 1.65. The largest absolute Gasteiger partial charge is 0.489 e. The molecule has 0 radical (unpaired) electrons. The lowest BCUT2D eigenvalue weighted by atomic mass is 10.2. The van der Waals surface area contributed by atoms with Crippen LogP contribution in [0.5, 0.6) is 5.75 Å². The number of halogens is 1. The summed E-state index contributed by atoms with van der Waals surface area (Å²) < 4.78 is 18.9. The second-order valence-electron chi connectivity index (χ2n) is 4.10. The third-order valence-electron chi connectivity index (χ3n) is 2.53. The Morgan fingerprint density at radius 3 is 2.65 bits per heavy atom. The molecule has 20 heavy (non-hydrogen) atoms. The van der Waals surface area contributed by atoms with Crippen LogP contribution in [0.25, 0.3) is 6.08 Å². The standard InChI is InChI=1S/C15H12FNO3/c16-14-8-13(6-7-17(18)19)9-15(10-14)20-11-12-4-2-1-3-5-12/h1-10H,11H2/b7-6+. The smallest absolute Gasteiger partial charge is 0.235 e. The zero-order chi connectivity index (χ0) is 14.4. The average molecular weight is 273 g/mol. The summed E-state index contributed by atoms with van der Waals surface area (Å²) >= 11 is 0. The molecule has 2 aromatic rings. The van der Waals surface area contributed by atoms with Crippen LogP contribution in [0.1, 0.15) is 11.1 Å². The van der Waals surface area contributed by atoms with Gasteiger partial charge in [0.2, 0.25) is 6.20 Å². The van der Waals surface area contributed by atoms with Crippen molar-refractivity contribution in [1.82, 2.24) is 0 Å². The summed E-state index contributed by atoms with van der Waals surface area (Å²) in [6.07, 6.45) is 1.98. The maximum absolute atomic E-state index is 13.4. The molecule has 0 aromatic heterocycles. The van der Waals surface area contributed by atoms with Crippen LogP contribution < -0.4 is 4.74 Å². The molecular formula is C15H12FNO3. The van der Waals surface area contributed by atoms with Crippen LogP contribution in [-0.4, -0.2) is 4.92 Å². The first-order valence-corrected chi connectivity index (χ1v) is 5.92. The van der Waals surface area contributed by atoms with Gasteiger partial charge in [0, 0.05) is 12.1 Å². The molecule has 2 rings (SSSR count).